The van der Waals surface area contributed by atoms with Crippen LogP contribution in [0.4, 0.5) is 0 Å². The summed E-state index contributed by atoms with van der Waals surface area (Å²) in [6.07, 6.45) is 0. The number of benzene rings is 3. The zero-order chi connectivity index (χ0) is 22.5. The molecule has 1 aliphatic rings. The molecule has 1 aliphatic heterocycles. The lowest BCUT2D eigenvalue weighted by molar-refractivity contribution is 0.00578. The monoisotopic (exact) mass is 426 g/mol. The van der Waals surface area contributed by atoms with Crippen LogP contribution in [0.2, 0.25) is 0 Å². The van der Waals surface area contributed by atoms with Gasteiger partial charge in [0.05, 0.1) is 23.8 Å². The molecule has 1 fully saturated rings. The average molecular weight is 426 g/mol. The van der Waals surface area contributed by atoms with Gasteiger partial charge in [-0.15, -0.1) is 0 Å². The van der Waals surface area contributed by atoms with Gasteiger partial charge < -0.3 is 14.0 Å². The predicted molar refractivity (Wildman–Crippen MR) is 129 cm³/mol. The third-order valence-electron chi connectivity index (χ3n) is 6.55. The van der Waals surface area contributed by atoms with Gasteiger partial charge in [0.25, 0.3) is 0 Å². The van der Waals surface area contributed by atoms with Crippen LogP contribution in [0.5, 0.6) is 5.75 Å². The van der Waals surface area contributed by atoms with Gasteiger partial charge >= 0.3 is 7.12 Å². The van der Waals surface area contributed by atoms with Crippen LogP contribution < -0.4 is 10.2 Å². The van der Waals surface area contributed by atoms with Crippen molar-refractivity contribution in [2.24, 2.45) is 0 Å². The summed E-state index contributed by atoms with van der Waals surface area (Å²) in [6, 6.07) is 24.5. The molecule has 32 heavy (non-hydrogen) atoms. The van der Waals surface area contributed by atoms with Gasteiger partial charge in [-0.1, -0.05) is 48.5 Å². The Bertz CT molecular complexity index is 1260. The summed E-state index contributed by atoms with van der Waals surface area (Å²) in [7, 11) is 1.25. The zero-order valence-corrected chi connectivity index (χ0v) is 19.1. The van der Waals surface area contributed by atoms with Gasteiger partial charge in [0.15, 0.2) is 0 Å². The number of nitrogens with zero attached hydrogens (tertiary/aromatic N) is 2. The smallest absolute Gasteiger partial charge is 0.494 e. The van der Waals surface area contributed by atoms with Gasteiger partial charge in [0, 0.05) is 11.3 Å². The van der Waals surface area contributed by atoms with E-state index in [1.54, 1.807) is 7.11 Å². The highest BCUT2D eigenvalue weighted by Crippen LogP contribution is 2.37. The third kappa shape index (κ3) is 3.31. The molecule has 0 unspecified atom stereocenters. The van der Waals surface area contributed by atoms with Crippen molar-refractivity contribution >= 4 is 23.6 Å². The van der Waals surface area contributed by atoms with E-state index in [0.717, 1.165) is 39.3 Å². The Morgan fingerprint density at radius 2 is 1.53 bits per heavy atom. The van der Waals surface area contributed by atoms with Crippen LogP contribution in [0, 0.1) is 0 Å². The molecular weight excluding hydrogens is 399 g/mol. The molecule has 4 aromatic rings. The van der Waals surface area contributed by atoms with Gasteiger partial charge in [0.1, 0.15) is 17.1 Å². The number of fused-ring (bicyclic) bond motifs is 1. The van der Waals surface area contributed by atoms with Crippen LogP contribution in [0.3, 0.4) is 0 Å². The number of para-hydroxylation sites is 1. The van der Waals surface area contributed by atoms with E-state index in [2.05, 4.69) is 62.6 Å². The number of aromatic nitrogens is 2. The van der Waals surface area contributed by atoms with E-state index in [1.807, 2.05) is 42.5 Å². The molecule has 5 nitrogen and oxygen atoms in total. The van der Waals surface area contributed by atoms with E-state index in [0.29, 0.717) is 0 Å². The Labute approximate surface area is 189 Å². The van der Waals surface area contributed by atoms with Crippen molar-refractivity contribution in [1.29, 1.82) is 0 Å². The van der Waals surface area contributed by atoms with Crippen LogP contribution >= 0.6 is 0 Å². The van der Waals surface area contributed by atoms with Crippen molar-refractivity contribution in [3.05, 3.63) is 72.8 Å². The van der Waals surface area contributed by atoms with Gasteiger partial charge in [0.2, 0.25) is 0 Å². The number of rotatable bonds is 4. The molecule has 6 heteroatoms. The highest BCUT2D eigenvalue weighted by atomic mass is 16.7. The summed E-state index contributed by atoms with van der Waals surface area (Å²) < 4.78 is 20.4. The first-order chi connectivity index (χ1) is 15.3. The maximum atomic E-state index is 6.29. The highest BCUT2D eigenvalue weighted by Gasteiger charge is 2.51. The van der Waals surface area contributed by atoms with Crippen LogP contribution in [0.15, 0.2) is 72.8 Å². The van der Waals surface area contributed by atoms with Crippen molar-refractivity contribution in [2.45, 2.75) is 38.9 Å². The Balaban J connectivity index is 1.68. The first kappa shape index (κ1) is 20.8. The lowest BCUT2D eigenvalue weighted by Crippen LogP contribution is -2.41. The molecule has 0 aliphatic carbocycles. The van der Waals surface area contributed by atoms with E-state index in [1.165, 1.54) is 0 Å². The number of methoxy groups -OCH3 is 1. The van der Waals surface area contributed by atoms with E-state index < -0.39 is 18.3 Å². The molecule has 0 bridgehead atoms. The number of imidazole rings is 1. The molecule has 1 saturated heterocycles. The fourth-order valence-electron chi connectivity index (χ4n) is 4.07. The highest BCUT2D eigenvalue weighted by molar-refractivity contribution is 6.62. The summed E-state index contributed by atoms with van der Waals surface area (Å²) in [5.74, 6) is 1.61. The van der Waals surface area contributed by atoms with Crippen LogP contribution in [0.25, 0.3) is 28.1 Å². The number of hydrogen-bond donors (Lipinski definition) is 0. The van der Waals surface area contributed by atoms with Gasteiger partial charge in [-0.3, -0.25) is 4.57 Å². The van der Waals surface area contributed by atoms with Crippen molar-refractivity contribution in [3.63, 3.8) is 0 Å². The Morgan fingerprint density at radius 3 is 2.22 bits per heavy atom. The SMILES string of the molecule is COc1cccc2c1nc(-c1ccccc1)n2-c1cccc(B2OC(C)(C)C(C)(C)O2)c1. The Hall–Kier alpha value is -3.09. The lowest BCUT2D eigenvalue weighted by atomic mass is 9.79. The van der Waals surface area contributed by atoms with E-state index in [4.69, 9.17) is 19.0 Å². The molecule has 3 aromatic carbocycles. The normalized spacial score (nSPS) is 17.1. The van der Waals surface area contributed by atoms with Crippen LogP contribution in [-0.2, 0) is 9.31 Å². The van der Waals surface area contributed by atoms with Crippen molar-refractivity contribution < 1.29 is 14.0 Å². The predicted octanol–water partition coefficient (Wildman–Crippen LogP) is 5.00. The fourth-order valence-corrected chi connectivity index (χ4v) is 4.07. The van der Waals surface area contributed by atoms with Crippen molar-refractivity contribution in [3.8, 4) is 22.8 Å². The van der Waals surface area contributed by atoms with Crippen molar-refractivity contribution in [1.82, 2.24) is 9.55 Å². The standard InChI is InChI=1S/C26H27BN2O3/c1-25(2)26(3,4)32-27(31-25)19-13-9-14-20(17-19)29-21-15-10-16-22(30-5)23(21)28-24(29)18-11-7-6-8-12-18/h6-17H,1-5H3. The minimum Gasteiger partial charge on any atom is -0.494 e. The summed E-state index contributed by atoms with van der Waals surface area (Å²) in [5, 5.41) is 0. The number of hydrogen-bond acceptors (Lipinski definition) is 4. The van der Waals surface area contributed by atoms with Crippen molar-refractivity contribution in [2.75, 3.05) is 7.11 Å². The maximum absolute atomic E-state index is 6.29. The maximum Gasteiger partial charge on any atom is 0.494 e. The molecule has 0 amide bonds. The van der Waals surface area contributed by atoms with Crippen LogP contribution in [-0.4, -0.2) is 35.0 Å². The molecule has 1 aromatic heterocycles. The lowest BCUT2D eigenvalue weighted by Gasteiger charge is -2.32. The second-order valence-electron chi connectivity index (χ2n) is 9.15. The third-order valence-corrected chi connectivity index (χ3v) is 6.55. The molecule has 0 N–H and O–H groups in total. The molecule has 5 rings (SSSR count). The summed E-state index contributed by atoms with van der Waals surface area (Å²) >= 11 is 0. The number of ether oxygens (including phenoxy) is 1. The minimum absolute atomic E-state index is 0.391. The first-order valence-electron chi connectivity index (χ1n) is 10.9. The van der Waals surface area contributed by atoms with Crippen LogP contribution in [0.1, 0.15) is 27.7 Å². The molecule has 0 radical (unpaired) electrons. The molecule has 2 heterocycles. The van der Waals surface area contributed by atoms with E-state index in [9.17, 15) is 0 Å². The topological polar surface area (TPSA) is 45.5 Å². The van der Waals surface area contributed by atoms with E-state index >= 15 is 0 Å². The quantitative estimate of drug-likeness (QED) is 0.431. The summed E-state index contributed by atoms with van der Waals surface area (Å²) in [6.45, 7) is 8.28. The minimum atomic E-state index is -0.426. The Morgan fingerprint density at radius 1 is 0.844 bits per heavy atom. The van der Waals surface area contributed by atoms with Gasteiger partial charge in [-0.05, 0) is 57.4 Å². The Kier molecular flexibility index (Phi) is 4.88. The zero-order valence-electron chi connectivity index (χ0n) is 19.1. The first-order valence-corrected chi connectivity index (χ1v) is 10.9. The molecular formula is C26H27BN2O3. The molecule has 0 spiro atoms. The van der Waals surface area contributed by atoms with Gasteiger partial charge in [-0.25, -0.2) is 4.98 Å². The largest absolute Gasteiger partial charge is 0.494 e. The second kappa shape index (κ2) is 7.50. The fraction of sp³-hybridized carbons (Fsp3) is 0.269. The second-order valence-corrected chi connectivity index (χ2v) is 9.15. The molecule has 162 valence electrons. The van der Waals surface area contributed by atoms with E-state index in [-0.39, 0.29) is 0 Å². The van der Waals surface area contributed by atoms with Gasteiger partial charge in [-0.2, -0.15) is 0 Å². The molecule has 0 saturated carbocycles. The average Bonchev–Trinajstić information content (AvgIpc) is 3.28. The molecule has 0 atom stereocenters. The summed E-state index contributed by atoms with van der Waals surface area (Å²) in [5.41, 5.74) is 4.03. The summed E-state index contributed by atoms with van der Waals surface area (Å²) in [4.78, 5) is 4.98.